The third kappa shape index (κ3) is 3.22. The molecule has 2 unspecified atom stereocenters. The van der Waals surface area contributed by atoms with Gasteiger partial charge in [-0.15, -0.1) is 15.3 Å². The number of nitrogens with zero attached hydrogens (tertiary/aromatic N) is 5. The van der Waals surface area contributed by atoms with Crippen LogP contribution in [0.5, 0.6) is 0 Å². The van der Waals surface area contributed by atoms with Crippen molar-refractivity contribution in [3.8, 4) is 0 Å². The Kier molecular flexibility index (Phi) is 4.16. The Balaban J connectivity index is 1.39. The van der Waals surface area contributed by atoms with Crippen LogP contribution in [-0.4, -0.2) is 56.7 Å². The largest absolute Gasteiger partial charge is 0.392 e. The topological polar surface area (TPSA) is 78.6 Å². The first-order chi connectivity index (χ1) is 11.9. The summed E-state index contributed by atoms with van der Waals surface area (Å²) in [7, 11) is 0. The van der Waals surface area contributed by atoms with Crippen molar-refractivity contribution in [3.05, 3.63) is 18.0 Å². The summed E-state index contributed by atoms with van der Waals surface area (Å²) in [6.45, 7) is 9.35. The average molecular weight is 344 g/mol. The molecular formula is C18H28N6O. The van der Waals surface area contributed by atoms with Crippen LogP contribution in [0.2, 0.25) is 0 Å². The molecule has 2 aliphatic rings. The highest BCUT2D eigenvalue weighted by Crippen LogP contribution is 2.26. The van der Waals surface area contributed by atoms with E-state index in [2.05, 4.69) is 41.2 Å². The summed E-state index contributed by atoms with van der Waals surface area (Å²) in [6.07, 6.45) is 3.01. The summed E-state index contributed by atoms with van der Waals surface area (Å²) in [5.41, 5.74) is 0.705. The molecule has 7 nitrogen and oxygen atoms in total. The van der Waals surface area contributed by atoms with Gasteiger partial charge in [0.05, 0.1) is 6.10 Å². The molecule has 0 spiro atoms. The number of rotatable bonds is 4. The van der Waals surface area contributed by atoms with E-state index < -0.39 is 0 Å². The van der Waals surface area contributed by atoms with Crippen LogP contribution in [0.25, 0.3) is 5.65 Å². The lowest BCUT2D eigenvalue weighted by atomic mass is 9.96. The molecule has 1 saturated carbocycles. The zero-order valence-corrected chi connectivity index (χ0v) is 15.3. The Morgan fingerprint density at radius 3 is 2.68 bits per heavy atom. The second kappa shape index (κ2) is 6.21. The highest BCUT2D eigenvalue weighted by Gasteiger charge is 2.31. The molecule has 1 saturated heterocycles. The minimum atomic E-state index is -0.162. The normalized spacial score (nSPS) is 24.9. The number of fused-ring (bicyclic) bond motifs is 1. The molecule has 25 heavy (non-hydrogen) atoms. The summed E-state index contributed by atoms with van der Waals surface area (Å²) < 4.78 is 1.87. The van der Waals surface area contributed by atoms with Crippen LogP contribution in [-0.2, 0) is 5.41 Å². The lowest BCUT2D eigenvalue weighted by Gasteiger charge is -2.40. The number of aliphatic hydroxyl groups is 1. The molecule has 3 heterocycles. The first kappa shape index (κ1) is 16.7. The lowest BCUT2D eigenvalue weighted by Crippen LogP contribution is -2.53. The quantitative estimate of drug-likeness (QED) is 0.872. The van der Waals surface area contributed by atoms with Crippen LogP contribution in [0.3, 0.4) is 0 Å². The van der Waals surface area contributed by atoms with E-state index in [-0.39, 0.29) is 17.6 Å². The summed E-state index contributed by atoms with van der Waals surface area (Å²) in [6, 6.07) is 4.31. The van der Waals surface area contributed by atoms with E-state index in [1.165, 1.54) is 0 Å². The maximum Gasteiger partial charge on any atom is 0.178 e. The van der Waals surface area contributed by atoms with E-state index >= 15 is 0 Å². The van der Waals surface area contributed by atoms with Crippen molar-refractivity contribution in [3.63, 3.8) is 0 Å². The maximum atomic E-state index is 9.90. The molecule has 0 bridgehead atoms. The number of hydrogen-bond donors (Lipinski definition) is 2. The highest BCUT2D eigenvalue weighted by molar-refractivity contribution is 5.47. The summed E-state index contributed by atoms with van der Waals surface area (Å²) in [4.78, 5) is 2.29. The smallest absolute Gasteiger partial charge is 0.178 e. The summed E-state index contributed by atoms with van der Waals surface area (Å²) in [5.74, 6) is 2.49. The van der Waals surface area contributed by atoms with Gasteiger partial charge in [-0.25, -0.2) is 0 Å². The molecule has 4 rings (SSSR count). The van der Waals surface area contributed by atoms with Gasteiger partial charge in [-0.3, -0.25) is 0 Å². The maximum absolute atomic E-state index is 9.90. The molecule has 7 heteroatoms. The molecule has 2 fully saturated rings. The molecule has 2 N–H and O–H groups in total. The Morgan fingerprint density at radius 2 is 2.00 bits per heavy atom. The van der Waals surface area contributed by atoms with Gasteiger partial charge < -0.3 is 15.3 Å². The Labute approximate surface area is 148 Å². The van der Waals surface area contributed by atoms with Gasteiger partial charge in [-0.2, -0.15) is 4.52 Å². The fraction of sp³-hybridized carbons (Fsp3) is 0.722. The molecule has 0 radical (unpaired) electrons. The molecule has 136 valence electrons. The Hall–Kier alpha value is -1.73. The van der Waals surface area contributed by atoms with E-state index in [9.17, 15) is 5.11 Å². The SMILES string of the molecule is CC(C)(C)c1nnc2ccc(N3CC(CNC4CCCC4O)C3)nn12. The van der Waals surface area contributed by atoms with Gasteiger partial charge >= 0.3 is 0 Å². The zero-order valence-electron chi connectivity index (χ0n) is 15.3. The van der Waals surface area contributed by atoms with Crippen molar-refractivity contribution in [1.82, 2.24) is 25.1 Å². The zero-order chi connectivity index (χ0) is 17.6. The van der Waals surface area contributed by atoms with E-state index in [1.54, 1.807) is 0 Å². The van der Waals surface area contributed by atoms with Crippen molar-refractivity contribution in [2.75, 3.05) is 24.5 Å². The predicted octanol–water partition coefficient (Wildman–Crippen LogP) is 1.36. The lowest BCUT2D eigenvalue weighted by molar-refractivity contribution is 0.145. The van der Waals surface area contributed by atoms with Gasteiger partial charge in [0.15, 0.2) is 11.5 Å². The molecule has 1 aliphatic carbocycles. The van der Waals surface area contributed by atoms with Crippen molar-refractivity contribution < 1.29 is 5.11 Å². The van der Waals surface area contributed by atoms with Crippen molar-refractivity contribution in [2.45, 2.75) is 57.6 Å². The van der Waals surface area contributed by atoms with E-state index in [0.717, 1.165) is 56.2 Å². The van der Waals surface area contributed by atoms with Crippen LogP contribution >= 0.6 is 0 Å². The van der Waals surface area contributed by atoms with E-state index in [1.807, 2.05) is 16.6 Å². The molecule has 1 aliphatic heterocycles. The summed E-state index contributed by atoms with van der Waals surface area (Å²) in [5, 5.41) is 26.7. The molecule has 0 amide bonds. The fourth-order valence-electron chi connectivity index (χ4n) is 3.80. The van der Waals surface area contributed by atoms with Crippen molar-refractivity contribution >= 4 is 11.5 Å². The third-order valence-corrected chi connectivity index (χ3v) is 5.35. The van der Waals surface area contributed by atoms with Crippen LogP contribution in [0.1, 0.15) is 45.9 Å². The van der Waals surface area contributed by atoms with Crippen LogP contribution in [0.15, 0.2) is 12.1 Å². The monoisotopic (exact) mass is 344 g/mol. The molecule has 2 atom stereocenters. The molecule has 2 aromatic rings. The van der Waals surface area contributed by atoms with Crippen molar-refractivity contribution in [1.29, 1.82) is 0 Å². The average Bonchev–Trinajstić information content (AvgIpc) is 3.11. The Bertz CT molecular complexity index is 746. The fourth-order valence-corrected chi connectivity index (χ4v) is 3.80. The second-order valence-electron chi connectivity index (χ2n) is 8.52. The Morgan fingerprint density at radius 1 is 1.20 bits per heavy atom. The minimum absolute atomic E-state index is 0.0887. The summed E-state index contributed by atoms with van der Waals surface area (Å²) >= 11 is 0. The van der Waals surface area contributed by atoms with Crippen LogP contribution < -0.4 is 10.2 Å². The van der Waals surface area contributed by atoms with Gasteiger partial charge in [-0.1, -0.05) is 20.8 Å². The van der Waals surface area contributed by atoms with Gasteiger partial charge in [-0.05, 0) is 31.4 Å². The minimum Gasteiger partial charge on any atom is -0.392 e. The van der Waals surface area contributed by atoms with Crippen LogP contribution in [0, 0.1) is 5.92 Å². The van der Waals surface area contributed by atoms with Crippen LogP contribution in [0.4, 0.5) is 5.82 Å². The third-order valence-electron chi connectivity index (χ3n) is 5.35. The van der Waals surface area contributed by atoms with E-state index in [0.29, 0.717) is 5.92 Å². The van der Waals surface area contributed by atoms with Gasteiger partial charge in [0.1, 0.15) is 5.82 Å². The van der Waals surface area contributed by atoms with Gasteiger partial charge in [0, 0.05) is 37.0 Å². The molecule has 2 aromatic heterocycles. The number of anilines is 1. The standard InChI is InChI=1S/C18H28N6O/c1-18(2,3)17-21-20-15-7-8-16(22-24(15)17)23-10-12(11-23)9-19-13-5-4-6-14(13)25/h7-8,12-14,19,25H,4-6,9-11H2,1-3H3. The second-order valence-corrected chi connectivity index (χ2v) is 8.52. The highest BCUT2D eigenvalue weighted by atomic mass is 16.3. The number of nitrogens with one attached hydrogen (secondary N) is 1. The van der Waals surface area contributed by atoms with Gasteiger partial charge in [0.2, 0.25) is 0 Å². The number of aliphatic hydroxyl groups excluding tert-OH is 1. The van der Waals surface area contributed by atoms with E-state index in [4.69, 9.17) is 5.10 Å². The van der Waals surface area contributed by atoms with Gasteiger partial charge in [0.25, 0.3) is 0 Å². The first-order valence-electron chi connectivity index (χ1n) is 9.31. The molecular weight excluding hydrogens is 316 g/mol. The first-order valence-corrected chi connectivity index (χ1v) is 9.31. The number of hydrogen-bond acceptors (Lipinski definition) is 6. The predicted molar refractivity (Wildman–Crippen MR) is 96.8 cm³/mol. The molecule has 0 aromatic carbocycles. The number of aromatic nitrogens is 4. The van der Waals surface area contributed by atoms with Crippen molar-refractivity contribution in [2.24, 2.45) is 5.92 Å².